The number of rotatable bonds is 2. The summed E-state index contributed by atoms with van der Waals surface area (Å²) in [5.41, 5.74) is -4.09. The Labute approximate surface area is 193 Å². The maximum absolute atomic E-state index is 16.8. The Morgan fingerprint density at radius 3 is 2.59 bits per heavy atom. The number of alkyl halides is 2. The third-order valence-corrected chi connectivity index (χ3v) is 8.47. The molecule has 0 saturated heterocycles. The summed E-state index contributed by atoms with van der Waals surface area (Å²) in [4.78, 5) is 24.3. The van der Waals surface area contributed by atoms with Crippen molar-refractivity contribution < 1.29 is 59.6 Å². The van der Waals surface area contributed by atoms with E-state index < -0.39 is 47.2 Å². The Balaban J connectivity index is 0.00000160. The van der Waals surface area contributed by atoms with Gasteiger partial charge in [0, 0.05) is 17.3 Å². The van der Waals surface area contributed by atoms with E-state index in [0.717, 1.165) is 0 Å². The monoisotopic (exact) mass is 418 g/mol. The molecule has 0 bridgehead atoms. The van der Waals surface area contributed by atoms with Crippen molar-refractivity contribution in [2.45, 2.75) is 58.0 Å². The molecular formula is C22H29F2NaO4. The minimum Gasteiger partial charge on any atom is -1.00 e. The number of Topliss-reactive ketones (excluding diaryl/α,β-unsaturated/α-hetero) is 1. The van der Waals surface area contributed by atoms with Crippen molar-refractivity contribution in [3.63, 3.8) is 0 Å². The number of hydrogen-bond acceptors (Lipinski definition) is 4. The molecule has 0 radical (unpaired) electrons. The molecule has 0 unspecified atom stereocenters. The van der Waals surface area contributed by atoms with Gasteiger partial charge in [-0.2, -0.15) is 0 Å². The van der Waals surface area contributed by atoms with Gasteiger partial charge in [-0.1, -0.05) is 19.9 Å². The topological polar surface area (TPSA) is 74.6 Å². The van der Waals surface area contributed by atoms with Crippen LogP contribution >= 0.6 is 0 Å². The van der Waals surface area contributed by atoms with E-state index in [1.54, 1.807) is 6.92 Å². The summed E-state index contributed by atoms with van der Waals surface area (Å²) in [6.45, 7) is 4.78. The molecule has 0 aromatic heterocycles. The van der Waals surface area contributed by atoms with Crippen LogP contribution in [0.1, 0.15) is 41.5 Å². The molecule has 4 rings (SSSR count). The van der Waals surface area contributed by atoms with Gasteiger partial charge in [0.05, 0.1) is 6.10 Å². The van der Waals surface area contributed by atoms with Crippen molar-refractivity contribution in [2.75, 3.05) is 6.61 Å². The number of aliphatic hydroxyl groups is 2. The standard InChI is InChI=1S/C22H28F2O4.Na.H/c1-11-6-13-14-8-16(23)15-7-12(26)4-5-21(15,3)22(14,24)18(28)9-20(13,2)19(11)17(27)10-25;;/h4-5,7,11,13-14,16,18-19,25,28H,6,8-10H2,1-3H3;;/q;+1;-1/t11-,13+,14+,16+,18+,19-,20+,21+,22+;;/m1../s1. The predicted molar refractivity (Wildman–Crippen MR) is 99.9 cm³/mol. The maximum atomic E-state index is 16.8. The Kier molecular flexibility index (Phi) is 5.88. The molecule has 3 saturated carbocycles. The molecule has 0 aromatic rings. The molecule has 0 aromatic carbocycles. The Hall–Kier alpha value is -0.400. The number of aliphatic hydroxyl groups excluding tert-OH is 2. The summed E-state index contributed by atoms with van der Waals surface area (Å²) >= 11 is 0. The van der Waals surface area contributed by atoms with Crippen LogP contribution in [-0.4, -0.2) is 46.3 Å². The summed E-state index contributed by atoms with van der Waals surface area (Å²) in [6, 6.07) is 0. The SMILES string of the molecule is C[C@@H]1C[C@H]2[C@@H]3C[C@H](F)C4=CC(=O)C=C[C@]4(C)[C@@]3(F)[C@@H](O)C[C@]2(C)[C@H]1C(=O)CO.[H-].[Na+]. The van der Waals surface area contributed by atoms with Crippen molar-refractivity contribution in [2.24, 2.45) is 34.5 Å². The van der Waals surface area contributed by atoms with Gasteiger partial charge in [-0.3, -0.25) is 9.59 Å². The summed E-state index contributed by atoms with van der Waals surface area (Å²) in [6.07, 6.45) is 1.52. The van der Waals surface area contributed by atoms with Gasteiger partial charge in [-0.25, -0.2) is 8.78 Å². The van der Waals surface area contributed by atoms with Gasteiger partial charge in [0.25, 0.3) is 0 Å². The molecule has 3 fully saturated rings. The zero-order valence-corrected chi connectivity index (χ0v) is 19.5. The van der Waals surface area contributed by atoms with Crippen molar-refractivity contribution in [1.29, 1.82) is 0 Å². The second-order valence-corrected chi connectivity index (χ2v) is 9.76. The average Bonchev–Trinajstić information content (AvgIpc) is 2.89. The molecule has 7 heteroatoms. The molecule has 156 valence electrons. The zero-order valence-electron chi connectivity index (χ0n) is 18.5. The first kappa shape index (κ1) is 23.3. The van der Waals surface area contributed by atoms with E-state index in [2.05, 4.69) is 0 Å². The van der Waals surface area contributed by atoms with Gasteiger partial charge in [0.2, 0.25) is 0 Å². The van der Waals surface area contributed by atoms with Gasteiger partial charge in [0.1, 0.15) is 12.8 Å². The largest absolute Gasteiger partial charge is 1.00 e. The van der Waals surface area contributed by atoms with E-state index in [0.29, 0.717) is 6.42 Å². The van der Waals surface area contributed by atoms with E-state index >= 15 is 8.78 Å². The zero-order chi connectivity index (χ0) is 20.6. The van der Waals surface area contributed by atoms with Gasteiger partial charge in [-0.05, 0) is 61.2 Å². The van der Waals surface area contributed by atoms with Crippen LogP contribution in [0.4, 0.5) is 8.78 Å². The smallest absolute Gasteiger partial charge is 1.00 e. The van der Waals surface area contributed by atoms with E-state index in [1.807, 2.05) is 13.8 Å². The third-order valence-electron chi connectivity index (χ3n) is 8.47. The summed E-state index contributed by atoms with van der Waals surface area (Å²) < 4.78 is 32.0. The molecule has 2 N–H and O–H groups in total. The number of fused-ring (bicyclic) bond motifs is 5. The van der Waals surface area contributed by atoms with E-state index in [1.165, 1.54) is 18.2 Å². The Morgan fingerprint density at radius 1 is 1.31 bits per heavy atom. The Morgan fingerprint density at radius 2 is 1.97 bits per heavy atom. The quantitative estimate of drug-likeness (QED) is 0.612. The van der Waals surface area contributed by atoms with Gasteiger partial charge in [0.15, 0.2) is 17.2 Å². The van der Waals surface area contributed by atoms with Crippen LogP contribution in [0, 0.1) is 34.5 Å². The number of carbonyl (C=O) groups excluding carboxylic acids is 2. The predicted octanol–water partition coefficient (Wildman–Crippen LogP) is -0.155. The fourth-order valence-electron chi connectivity index (χ4n) is 7.36. The minimum absolute atomic E-state index is 0. The average molecular weight is 418 g/mol. The van der Waals surface area contributed by atoms with Crippen LogP contribution < -0.4 is 29.6 Å². The molecule has 0 aliphatic heterocycles. The molecule has 9 atom stereocenters. The molecule has 4 aliphatic carbocycles. The van der Waals surface area contributed by atoms with Crippen molar-refractivity contribution in [3.05, 3.63) is 23.8 Å². The minimum atomic E-state index is -2.11. The number of carbonyl (C=O) groups is 2. The van der Waals surface area contributed by atoms with Crippen LogP contribution in [-0.2, 0) is 9.59 Å². The van der Waals surface area contributed by atoms with Crippen LogP contribution in [0.5, 0.6) is 0 Å². The van der Waals surface area contributed by atoms with Crippen LogP contribution in [0.3, 0.4) is 0 Å². The first-order valence-corrected chi connectivity index (χ1v) is 10.1. The van der Waals surface area contributed by atoms with Gasteiger partial charge >= 0.3 is 29.6 Å². The normalized spacial score (nSPS) is 50.7. The molecule has 29 heavy (non-hydrogen) atoms. The van der Waals surface area contributed by atoms with Crippen molar-refractivity contribution in [1.82, 2.24) is 0 Å². The molecule has 4 nitrogen and oxygen atoms in total. The number of ketones is 2. The molecule has 0 amide bonds. The second kappa shape index (κ2) is 7.33. The molecule has 0 spiro atoms. The first-order chi connectivity index (χ1) is 13.0. The number of hydrogen-bond donors (Lipinski definition) is 2. The van der Waals surface area contributed by atoms with Crippen LogP contribution in [0.15, 0.2) is 23.8 Å². The molecular weight excluding hydrogens is 389 g/mol. The molecule has 4 aliphatic rings. The molecule has 0 heterocycles. The first-order valence-electron chi connectivity index (χ1n) is 10.1. The third kappa shape index (κ3) is 2.85. The van der Waals surface area contributed by atoms with Gasteiger partial charge < -0.3 is 11.6 Å². The van der Waals surface area contributed by atoms with Crippen LogP contribution in [0.2, 0.25) is 0 Å². The van der Waals surface area contributed by atoms with Crippen LogP contribution in [0.25, 0.3) is 0 Å². The summed E-state index contributed by atoms with van der Waals surface area (Å²) in [7, 11) is 0. The van der Waals surface area contributed by atoms with Crippen molar-refractivity contribution in [3.8, 4) is 0 Å². The van der Waals surface area contributed by atoms with E-state index in [9.17, 15) is 19.8 Å². The van der Waals surface area contributed by atoms with Gasteiger partial charge in [-0.15, -0.1) is 0 Å². The fraction of sp³-hybridized carbons (Fsp3) is 0.727. The fourth-order valence-corrected chi connectivity index (χ4v) is 7.36. The second-order valence-electron chi connectivity index (χ2n) is 9.76. The van der Waals surface area contributed by atoms with E-state index in [4.69, 9.17) is 0 Å². The van der Waals surface area contributed by atoms with E-state index in [-0.39, 0.29) is 72.8 Å². The number of allylic oxidation sites excluding steroid dienone is 4. The van der Waals surface area contributed by atoms with Crippen molar-refractivity contribution >= 4 is 11.6 Å². The number of halogens is 2. The summed E-state index contributed by atoms with van der Waals surface area (Å²) in [5.74, 6) is -2.26. The maximum Gasteiger partial charge on any atom is 1.00 e. The Bertz CT molecular complexity index is 804. The summed E-state index contributed by atoms with van der Waals surface area (Å²) in [5, 5.41) is 20.5.